The molecule has 0 atom stereocenters. The Morgan fingerprint density at radius 1 is 1.30 bits per heavy atom. The minimum atomic E-state index is -0.264. The molecule has 1 fully saturated rings. The Morgan fingerprint density at radius 2 is 1.95 bits per heavy atom. The van der Waals surface area contributed by atoms with E-state index in [1.165, 1.54) is 18.9 Å². The number of carbonyl (C=O) groups is 2. The standard InChI is InChI=1S/C16H20N2O2/c1-3-14(19)18-13-6-4-12(5-7-13)15(20)17-11-10-16(2)8-9-16/h3-7H,1,8-11H2,2H3,(H,17,20)(H,18,19). The monoisotopic (exact) mass is 272 g/mol. The Kier molecular flexibility index (Phi) is 4.23. The van der Waals surface area contributed by atoms with E-state index in [4.69, 9.17) is 0 Å². The predicted octanol–water partition coefficient (Wildman–Crippen LogP) is 2.73. The lowest BCUT2D eigenvalue weighted by Crippen LogP contribution is -2.25. The van der Waals surface area contributed by atoms with Gasteiger partial charge >= 0.3 is 0 Å². The lowest BCUT2D eigenvalue weighted by Gasteiger charge is -2.09. The zero-order chi connectivity index (χ0) is 14.6. The van der Waals surface area contributed by atoms with Crippen LogP contribution < -0.4 is 10.6 Å². The van der Waals surface area contributed by atoms with E-state index in [1.54, 1.807) is 24.3 Å². The molecule has 0 spiro atoms. The van der Waals surface area contributed by atoms with E-state index in [2.05, 4.69) is 24.1 Å². The van der Waals surface area contributed by atoms with Crippen LogP contribution in [-0.4, -0.2) is 18.4 Å². The Hall–Kier alpha value is -2.10. The molecule has 0 aliphatic heterocycles. The van der Waals surface area contributed by atoms with Gasteiger partial charge in [0.25, 0.3) is 5.91 Å². The number of anilines is 1. The number of hydrogen-bond acceptors (Lipinski definition) is 2. The largest absolute Gasteiger partial charge is 0.352 e. The number of nitrogens with one attached hydrogen (secondary N) is 2. The van der Waals surface area contributed by atoms with Gasteiger partial charge in [-0.15, -0.1) is 0 Å². The van der Waals surface area contributed by atoms with Crippen LogP contribution in [0.25, 0.3) is 0 Å². The molecule has 1 aliphatic rings. The molecule has 1 saturated carbocycles. The maximum Gasteiger partial charge on any atom is 0.251 e. The van der Waals surface area contributed by atoms with E-state index in [1.807, 2.05) is 0 Å². The second-order valence-electron chi connectivity index (χ2n) is 5.59. The summed E-state index contributed by atoms with van der Waals surface area (Å²) in [7, 11) is 0. The highest BCUT2D eigenvalue weighted by Gasteiger charge is 2.36. The third-order valence-corrected chi connectivity index (χ3v) is 3.72. The van der Waals surface area contributed by atoms with Crippen LogP contribution in [0.5, 0.6) is 0 Å². The van der Waals surface area contributed by atoms with Crippen LogP contribution >= 0.6 is 0 Å². The van der Waals surface area contributed by atoms with Gasteiger partial charge in [-0.3, -0.25) is 9.59 Å². The summed E-state index contributed by atoms with van der Waals surface area (Å²) in [5, 5.41) is 5.56. The summed E-state index contributed by atoms with van der Waals surface area (Å²) < 4.78 is 0. The first-order valence-electron chi connectivity index (χ1n) is 6.84. The topological polar surface area (TPSA) is 58.2 Å². The van der Waals surface area contributed by atoms with Crippen LogP contribution in [0.1, 0.15) is 36.5 Å². The van der Waals surface area contributed by atoms with Crippen molar-refractivity contribution in [3.05, 3.63) is 42.5 Å². The van der Waals surface area contributed by atoms with Crippen molar-refractivity contribution in [2.45, 2.75) is 26.2 Å². The van der Waals surface area contributed by atoms with Crippen LogP contribution in [0.3, 0.4) is 0 Å². The van der Waals surface area contributed by atoms with Gasteiger partial charge in [0.1, 0.15) is 0 Å². The highest BCUT2D eigenvalue weighted by atomic mass is 16.2. The van der Waals surface area contributed by atoms with Crippen molar-refractivity contribution in [3.63, 3.8) is 0 Å². The summed E-state index contributed by atoms with van der Waals surface area (Å²) in [6, 6.07) is 6.82. The SMILES string of the molecule is C=CC(=O)Nc1ccc(C(=O)NCCC2(C)CC2)cc1. The Balaban J connectivity index is 1.83. The van der Waals surface area contributed by atoms with Crippen molar-refractivity contribution in [2.75, 3.05) is 11.9 Å². The maximum absolute atomic E-state index is 11.9. The quantitative estimate of drug-likeness (QED) is 0.782. The van der Waals surface area contributed by atoms with Gasteiger partial charge < -0.3 is 10.6 Å². The zero-order valence-corrected chi connectivity index (χ0v) is 11.7. The fourth-order valence-corrected chi connectivity index (χ4v) is 1.94. The average molecular weight is 272 g/mol. The van der Waals surface area contributed by atoms with Gasteiger partial charge in [-0.05, 0) is 55.0 Å². The minimum Gasteiger partial charge on any atom is -0.352 e. The second-order valence-corrected chi connectivity index (χ2v) is 5.59. The molecule has 1 aromatic rings. The van der Waals surface area contributed by atoms with Gasteiger partial charge in [-0.25, -0.2) is 0 Å². The van der Waals surface area contributed by atoms with E-state index in [0.29, 0.717) is 23.2 Å². The summed E-state index contributed by atoms with van der Waals surface area (Å²) in [6.45, 7) is 6.34. The molecule has 0 radical (unpaired) electrons. The highest BCUT2D eigenvalue weighted by Crippen LogP contribution is 2.47. The van der Waals surface area contributed by atoms with Crippen LogP contribution in [0.15, 0.2) is 36.9 Å². The number of rotatable bonds is 6. The normalized spacial score (nSPS) is 15.2. The van der Waals surface area contributed by atoms with Crippen LogP contribution in [-0.2, 0) is 4.79 Å². The fourth-order valence-electron chi connectivity index (χ4n) is 1.94. The maximum atomic E-state index is 11.9. The lowest BCUT2D eigenvalue weighted by molar-refractivity contribution is -0.111. The molecule has 2 amide bonds. The van der Waals surface area contributed by atoms with Gasteiger partial charge in [0, 0.05) is 17.8 Å². The number of benzene rings is 1. The Labute approximate surface area is 119 Å². The molecule has 2 N–H and O–H groups in total. The van der Waals surface area contributed by atoms with E-state index in [0.717, 1.165) is 6.42 Å². The summed E-state index contributed by atoms with van der Waals surface area (Å²) in [5.74, 6) is -0.337. The summed E-state index contributed by atoms with van der Waals surface area (Å²) in [4.78, 5) is 23.1. The molecule has 1 aromatic carbocycles. The minimum absolute atomic E-state index is 0.0733. The first-order valence-corrected chi connectivity index (χ1v) is 6.84. The average Bonchev–Trinajstić information content (AvgIpc) is 3.17. The molecule has 0 heterocycles. The van der Waals surface area contributed by atoms with E-state index in [-0.39, 0.29) is 11.8 Å². The molecule has 0 aromatic heterocycles. The van der Waals surface area contributed by atoms with Crippen molar-refractivity contribution in [1.29, 1.82) is 0 Å². The van der Waals surface area contributed by atoms with Gasteiger partial charge in [0.2, 0.25) is 5.91 Å². The van der Waals surface area contributed by atoms with E-state index < -0.39 is 0 Å². The second kappa shape index (κ2) is 5.90. The van der Waals surface area contributed by atoms with Crippen LogP contribution in [0, 0.1) is 5.41 Å². The number of hydrogen-bond donors (Lipinski definition) is 2. The molecule has 4 nitrogen and oxygen atoms in total. The molecule has 2 rings (SSSR count). The third kappa shape index (κ3) is 3.95. The summed E-state index contributed by atoms with van der Waals surface area (Å²) >= 11 is 0. The van der Waals surface area contributed by atoms with Crippen LogP contribution in [0.4, 0.5) is 5.69 Å². The molecule has 1 aliphatic carbocycles. The number of amides is 2. The first kappa shape index (κ1) is 14.3. The molecule has 0 saturated heterocycles. The Bertz CT molecular complexity index is 516. The van der Waals surface area contributed by atoms with E-state index >= 15 is 0 Å². The van der Waals surface area contributed by atoms with Crippen molar-refractivity contribution < 1.29 is 9.59 Å². The van der Waals surface area contributed by atoms with Crippen molar-refractivity contribution in [1.82, 2.24) is 5.32 Å². The Morgan fingerprint density at radius 3 is 2.50 bits per heavy atom. The van der Waals surface area contributed by atoms with Gasteiger partial charge in [-0.1, -0.05) is 13.5 Å². The van der Waals surface area contributed by atoms with Gasteiger partial charge in [0.15, 0.2) is 0 Å². The molecule has 4 heteroatoms. The van der Waals surface area contributed by atoms with Crippen molar-refractivity contribution in [3.8, 4) is 0 Å². The molecular formula is C16H20N2O2. The zero-order valence-electron chi connectivity index (χ0n) is 11.7. The lowest BCUT2D eigenvalue weighted by atomic mass is 10.1. The predicted molar refractivity (Wildman–Crippen MR) is 79.6 cm³/mol. The van der Waals surface area contributed by atoms with E-state index in [9.17, 15) is 9.59 Å². The van der Waals surface area contributed by atoms with Gasteiger partial charge in [-0.2, -0.15) is 0 Å². The fraction of sp³-hybridized carbons (Fsp3) is 0.375. The summed E-state index contributed by atoms with van der Waals surface area (Å²) in [6.07, 6.45) is 4.77. The number of carbonyl (C=O) groups excluding carboxylic acids is 2. The molecular weight excluding hydrogens is 252 g/mol. The smallest absolute Gasteiger partial charge is 0.251 e. The summed E-state index contributed by atoms with van der Waals surface area (Å²) in [5.41, 5.74) is 1.70. The van der Waals surface area contributed by atoms with Crippen molar-refractivity contribution >= 4 is 17.5 Å². The first-order chi connectivity index (χ1) is 9.52. The molecule has 106 valence electrons. The highest BCUT2D eigenvalue weighted by molar-refractivity contribution is 5.99. The van der Waals surface area contributed by atoms with Gasteiger partial charge in [0.05, 0.1) is 0 Å². The third-order valence-electron chi connectivity index (χ3n) is 3.72. The molecule has 20 heavy (non-hydrogen) atoms. The molecule has 0 bridgehead atoms. The molecule has 0 unspecified atom stereocenters. The van der Waals surface area contributed by atoms with Crippen LogP contribution in [0.2, 0.25) is 0 Å². The van der Waals surface area contributed by atoms with Crippen molar-refractivity contribution in [2.24, 2.45) is 5.41 Å².